The first kappa shape index (κ1) is 14.3. The Bertz CT molecular complexity index is 577. The highest BCUT2D eigenvalue weighted by molar-refractivity contribution is 9.10. The Morgan fingerprint density at radius 2 is 2.26 bits per heavy atom. The quantitative estimate of drug-likeness (QED) is 0.894. The third-order valence-electron chi connectivity index (χ3n) is 3.04. The molecule has 0 bridgehead atoms. The first-order chi connectivity index (χ1) is 8.93. The van der Waals surface area contributed by atoms with Crippen LogP contribution in [0.5, 0.6) is 0 Å². The Kier molecular flexibility index (Phi) is 4.10. The Morgan fingerprint density at radius 1 is 1.58 bits per heavy atom. The highest BCUT2D eigenvalue weighted by atomic mass is 79.9. The second kappa shape index (κ2) is 5.46. The number of aliphatic imine (C=N–C) groups is 1. The lowest BCUT2D eigenvalue weighted by Gasteiger charge is -2.28. The van der Waals surface area contributed by atoms with Crippen LogP contribution in [0.15, 0.2) is 20.3 Å². The van der Waals surface area contributed by atoms with Gasteiger partial charge >= 0.3 is 0 Å². The number of hydrogen-bond donors (Lipinski definition) is 2. The third kappa shape index (κ3) is 2.74. The van der Waals surface area contributed by atoms with Crippen LogP contribution >= 0.6 is 15.9 Å². The minimum atomic E-state index is -0.189. The third-order valence-corrected chi connectivity index (χ3v) is 3.61. The molecule has 2 rings (SSSR count). The van der Waals surface area contributed by atoms with Gasteiger partial charge in [-0.25, -0.2) is 4.99 Å². The first-order valence-electron chi connectivity index (χ1n) is 6.44. The molecular weight excluding hydrogens is 308 g/mol. The second-order valence-corrected chi connectivity index (χ2v) is 5.74. The zero-order valence-electron chi connectivity index (χ0n) is 11.6. The molecule has 6 heteroatoms. The molecule has 1 aliphatic heterocycles. The number of nitrogens with one attached hydrogen (secondary N) is 2. The van der Waals surface area contributed by atoms with Crippen LogP contribution in [-0.4, -0.2) is 22.6 Å². The molecule has 0 spiro atoms. The normalized spacial score (nSPS) is 18.0. The maximum absolute atomic E-state index is 12.1. The first-order valence-corrected chi connectivity index (χ1v) is 7.24. The number of anilines is 1. The van der Waals surface area contributed by atoms with Gasteiger partial charge < -0.3 is 5.32 Å². The standard InChI is InChI=1S/C13H19BrN4O/c1-5-18-11-9(6-10(14)12(18)19)8(4)16-13(17-11)15-7(2)3/h6-7,13,15,17H,5H2,1-4H3. The number of nitrogens with zero attached hydrogens (tertiary/aromatic N) is 2. The maximum Gasteiger partial charge on any atom is 0.266 e. The largest absolute Gasteiger partial charge is 0.337 e. The van der Waals surface area contributed by atoms with Crippen molar-refractivity contribution in [1.29, 1.82) is 0 Å². The average molecular weight is 327 g/mol. The van der Waals surface area contributed by atoms with Gasteiger partial charge in [0.1, 0.15) is 5.82 Å². The molecule has 2 N–H and O–H groups in total. The summed E-state index contributed by atoms with van der Waals surface area (Å²) in [5, 5.41) is 6.60. The molecule has 1 atom stereocenters. The highest BCUT2D eigenvalue weighted by Crippen LogP contribution is 2.23. The lowest BCUT2D eigenvalue weighted by atomic mass is 10.1. The van der Waals surface area contributed by atoms with E-state index < -0.39 is 0 Å². The zero-order chi connectivity index (χ0) is 14.2. The van der Waals surface area contributed by atoms with Crippen molar-refractivity contribution in [2.24, 2.45) is 4.99 Å². The molecule has 0 saturated heterocycles. The number of rotatable bonds is 3. The Balaban J connectivity index is 2.52. The Labute approximate surface area is 121 Å². The van der Waals surface area contributed by atoms with Crippen LogP contribution in [-0.2, 0) is 6.54 Å². The molecule has 0 radical (unpaired) electrons. The maximum atomic E-state index is 12.1. The SMILES string of the molecule is CCn1c2c(cc(Br)c1=O)C(C)=NC(NC(C)C)N2. The van der Waals surface area contributed by atoms with Crippen LogP contribution in [0.25, 0.3) is 0 Å². The number of aromatic nitrogens is 1. The highest BCUT2D eigenvalue weighted by Gasteiger charge is 2.22. The van der Waals surface area contributed by atoms with Gasteiger partial charge in [0, 0.05) is 23.9 Å². The van der Waals surface area contributed by atoms with E-state index in [1.54, 1.807) is 4.57 Å². The fraction of sp³-hybridized carbons (Fsp3) is 0.538. The van der Waals surface area contributed by atoms with Gasteiger partial charge in [0.25, 0.3) is 5.56 Å². The van der Waals surface area contributed by atoms with E-state index in [1.807, 2.05) is 19.9 Å². The van der Waals surface area contributed by atoms with Crippen molar-refractivity contribution in [2.75, 3.05) is 5.32 Å². The van der Waals surface area contributed by atoms with E-state index in [0.717, 1.165) is 17.1 Å². The predicted octanol–water partition coefficient (Wildman–Crippen LogP) is 2.15. The summed E-state index contributed by atoms with van der Waals surface area (Å²) in [6, 6.07) is 2.15. The molecular formula is C13H19BrN4O. The fourth-order valence-electron chi connectivity index (χ4n) is 2.19. The van der Waals surface area contributed by atoms with E-state index in [4.69, 9.17) is 0 Å². The molecule has 1 aromatic rings. The van der Waals surface area contributed by atoms with Crippen molar-refractivity contribution < 1.29 is 0 Å². The summed E-state index contributed by atoms with van der Waals surface area (Å²) in [6.07, 6.45) is -0.189. The predicted molar refractivity (Wildman–Crippen MR) is 82.0 cm³/mol. The van der Waals surface area contributed by atoms with Gasteiger partial charge in [0.15, 0.2) is 6.29 Å². The van der Waals surface area contributed by atoms with Gasteiger partial charge in [-0.05, 0) is 49.7 Å². The number of halogens is 1. The van der Waals surface area contributed by atoms with E-state index in [0.29, 0.717) is 17.1 Å². The molecule has 0 aliphatic carbocycles. The number of fused-ring (bicyclic) bond motifs is 1. The molecule has 0 fully saturated rings. The molecule has 1 aromatic heterocycles. The average Bonchev–Trinajstić information content (AvgIpc) is 2.31. The minimum Gasteiger partial charge on any atom is -0.337 e. The molecule has 104 valence electrons. The van der Waals surface area contributed by atoms with Gasteiger partial charge in [0.2, 0.25) is 0 Å². The van der Waals surface area contributed by atoms with Crippen LogP contribution in [0.1, 0.15) is 33.3 Å². The topological polar surface area (TPSA) is 58.4 Å². The van der Waals surface area contributed by atoms with Crippen molar-refractivity contribution in [3.63, 3.8) is 0 Å². The van der Waals surface area contributed by atoms with Crippen LogP contribution in [0, 0.1) is 0 Å². The van der Waals surface area contributed by atoms with Crippen LogP contribution < -0.4 is 16.2 Å². The van der Waals surface area contributed by atoms with Crippen molar-refractivity contribution in [2.45, 2.75) is 46.6 Å². The van der Waals surface area contributed by atoms with Crippen molar-refractivity contribution in [3.05, 3.63) is 26.5 Å². The zero-order valence-corrected chi connectivity index (χ0v) is 13.2. The molecule has 0 saturated carbocycles. The summed E-state index contributed by atoms with van der Waals surface area (Å²) in [6.45, 7) is 8.68. The summed E-state index contributed by atoms with van der Waals surface area (Å²) in [4.78, 5) is 16.7. The lowest BCUT2D eigenvalue weighted by molar-refractivity contribution is 0.505. The second-order valence-electron chi connectivity index (χ2n) is 4.89. The lowest BCUT2D eigenvalue weighted by Crippen LogP contribution is -2.43. The smallest absolute Gasteiger partial charge is 0.266 e. The molecule has 1 unspecified atom stereocenters. The minimum absolute atomic E-state index is 0.0215. The fourth-order valence-corrected chi connectivity index (χ4v) is 2.63. The van der Waals surface area contributed by atoms with E-state index in [9.17, 15) is 4.79 Å². The monoisotopic (exact) mass is 326 g/mol. The Hall–Kier alpha value is -1.14. The van der Waals surface area contributed by atoms with Gasteiger partial charge in [-0.2, -0.15) is 0 Å². The van der Waals surface area contributed by atoms with Crippen molar-refractivity contribution in [3.8, 4) is 0 Å². The van der Waals surface area contributed by atoms with Gasteiger partial charge in [0.05, 0.1) is 4.47 Å². The molecule has 0 aromatic carbocycles. The van der Waals surface area contributed by atoms with Crippen molar-refractivity contribution in [1.82, 2.24) is 9.88 Å². The van der Waals surface area contributed by atoms with E-state index in [-0.39, 0.29) is 11.8 Å². The molecule has 1 aliphatic rings. The summed E-state index contributed by atoms with van der Waals surface area (Å²) in [5.74, 6) is 0.835. The number of pyridine rings is 1. The number of hydrogen-bond acceptors (Lipinski definition) is 4. The molecule has 0 amide bonds. The molecule has 5 nitrogen and oxygen atoms in total. The molecule has 19 heavy (non-hydrogen) atoms. The Morgan fingerprint density at radius 3 is 2.84 bits per heavy atom. The van der Waals surface area contributed by atoms with E-state index >= 15 is 0 Å². The van der Waals surface area contributed by atoms with E-state index in [1.165, 1.54) is 0 Å². The summed E-state index contributed by atoms with van der Waals surface area (Å²) >= 11 is 3.32. The van der Waals surface area contributed by atoms with Gasteiger partial charge in [-0.3, -0.25) is 14.7 Å². The van der Waals surface area contributed by atoms with Crippen LogP contribution in [0.3, 0.4) is 0 Å². The van der Waals surface area contributed by atoms with Crippen LogP contribution in [0.4, 0.5) is 5.82 Å². The van der Waals surface area contributed by atoms with Gasteiger partial charge in [-0.15, -0.1) is 0 Å². The molecule has 2 heterocycles. The van der Waals surface area contributed by atoms with Crippen molar-refractivity contribution >= 4 is 27.5 Å². The summed E-state index contributed by atoms with van der Waals surface area (Å²) < 4.78 is 2.30. The summed E-state index contributed by atoms with van der Waals surface area (Å²) in [5.41, 5.74) is 1.87. The summed E-state index contributed by atoms with van der Waals surface area (Å²) in [7, 11) is 0. The van der Waals surface area contributed by atoms with Crippen LogP contribution in [0.2, 0.25) is 0 Å². The van der Waals surface area contributed by atoms with E-state index in [2.05, 4.69) is 45.4 Å². The van der Waals surface area contributed by atoms with Gasteiger partial charge in [-0.1, -0.05) is 0 Å².